The second-order valence-corrected chi connectivity index (χ2v) is 5.31. The number of hydrogen-bond donors (Lipinski definition) is 1. The highest BCUT2D eigenvalue weighted by Crippen LogP contribution is 2.35. The van der Waals surface area contributed by atoms with Crippen molar-refractivity contribution >= 4 is 29.1 Å². The topological polar surface area (TPSA) is 69.2 Å². The summed E-state index contributed by atoms with van der Waals surface area (Å²) in [7, 11) is 0. The zero-order valence-electron chi connectivity index (χ0n) is 9.88. The van der Waals surface area contributed by atoms with Crippen LogP contribution < -0.4 is 5.73 Å². The van der Waals surface area contributed by atoms with Gasteiger partial charge in [-0.3, -0.25) is 10.1 Å². The van der Waals surface area contributed by atoms with Gasteiger partial charge in [0, 0.05) is 22.5 Å². The second kappa shape index (κ2) is 6.06. The summed E-state index contributed by atoms with van der Waals surface area (Å²) < 4.78 is 0. The van der Waals surface area contributed by atoms with E-state index in [-0.39, 0.29) is 5.69 Å². The third-order valence-electron chi connectivity index (χ3n) is 2.53. The molecule has 4 nitrogen and oxygen atoms in total. The lowest BCUT2D eigenvalue weighted by molar-refractivity contribution is -0.387. The van der Waals surface area contributed by atoms with Gasteiger partial charge in [0.05, 0.1) is 9.82 Å². The van der Waals surface area contributed by atoms with Gasteiger partial charge >= 0.3 is 0 Å². The molecule has 2 aromatic carbocycles. The molecule has 0 bridgehead atoms. The largest absolute Gasteiger partial charge is 0.326 e. The Morgan fingerprint density at radius 3 is 2.63 bits per heavy atom. The van der Waals surface area contributed by atoms with Crippen molar-refractivity contribution in [1.29, 1.82) is 0 Å². The van der Waals surface area contributed by atoms with Crippen LogP contribution in [-0.4, -0.2) is 4.92 Å². The normalized spacial score (nSPS) is 10.4. The van der Waals surface area contributed by atoms with E-state index in [1.165, 1.54) is 17.8 Å². The Bertz CT molecular complexity index is 619. The molecule has 98 valence electrons. The summed E-state index contributed by atoms with van der Waals surface area (Å²) in [5.41, 5.74) is 6.48. The van der Waals surface area contributed by atoms with Crippen molar-refractivity contribution in [3.63, 3.8) is 0 Å². The number of nitro benzene ring substituents is 1. The molecule has 0 aromatic heterocycles. The highest BCUT2D eigenvalue weighted by Gasteiger charge is 2.13. The highest BCUT2D eigenvalue weighted by atomic mass is 35.5. The molecule has 2 rings (SSSR count). The Morgan fingerprint density at radius 1 is 1.26 bits per heavy atom. The summed E-state index contributed by atoms with van der Waals surface area (Å²) in [5.74, 6) is 0. The van der Waals surface area contributed by atoms with E-state index in [9.17, 15) is 10.1 Å². The number of nitro groups is 1. The third-order valence-corrected chi connectivity index (χ3v) is 3.94. The number of hydrogen-bond acceptors (Lipinski definition) is 4. The van der Waals surface area contributed by atoms with Gasteiger partial charge in [0.25, 0.3) is 5.69 Å². The molecule has 2 aromatic rings. The Balaban J connectivity index is 2.31. The second-order valence-electron chi connectivity index (χ2n) is 3.78. The third kappa shape index (κ3) is 3.26. The predicted octanol–water partition coefficient (Wildman–Crippen LogP) is 3.86. The molecule has 0 fully saturated rings. The van der Waals surface area contributed by atoms with Gasteiger partial charge in [0.15, 0.2) is 0 Å². The van der Waals surface area contributed by atoms with Crippen molar-refractivity contribution in [3.8, 4) is 0 Å². The first kappa shape index (κ1) is 13.9. The lowest BCUT2D eigenvalue weighted by atomic mass is 10.2. The Labute approximate surface area is 119 Å². The fourth-order valence-electron chi connectivity index (χ4n) is 1.58. The van der Waals surface area contributed by atoms with Gasteiger partial charge in [-0.15, -0.1) is 0 Å². The minimum Gasteiger partial charge on any atom is -0.326 e. The van der Waals surface area contributed by atoms with Gasteiger partial charge in [0.2, 0.25) is 0 Å². The molecule has 0 spiro atoms. The fourth-order valence-corrected chi connectivity index (χ4v) is 2.86. The zero-order valence-corrected chi connectivity index (χ0v) is 11.4. The Hall–Kier alpha value is -1.56. The van der Waals surface area contributed by atoms with Gasteiger partial charge in [-0.05, 0) is 23.8 Å². The molecule has 0 aliphatic rings. The molecule has 0 saturated carbocycles. The molecule has 0 heterocycles. The van der Waals surface area contributed by atoms with Gasteiger partial charge in [-0.1, -0.05) is 41.6 Å². The SMILES string of the molecule is NCc1ccc(Sc2ccccc2[N+](=O)[O-])cc1Cl. The smallest absolute Gasteiger partial charge is 0.283 e. The first-order valence-electron chi connectivity index (χ1n) is 5.51. The van der Waals surface area contributed by atoms with Crippen LogP contribution in [0.1, 0.15) is 5.56 Å². The van der Waals surface area contributed by atoms with E-state index in [1.807, 2.05) is 12.1 Å². The van der Waals surface area contributed by atoms with Crippen LogP contribution in [0.5, 0.6) is 0 Å². The minimum atomic E-state index is -0.391. The van der Waals surface area contributed by atoms with Crippen LogP contribution in [0.25, 0.3) is 0 Å². The summed E-state index contributed by atoms with van der Waals surface area (Å²) >= 11 is 7.38. The molecule has 0 saturated heterocycles. The van der Waals surface area contributed by atoms with Crippen LogP contribution in [0.3, 0.4) is 0 Å². The molecule has 0 aliphatic carbocycles. The van der Waals surface area contributed by atoms with Crippen molar-refractivity contribution in [2.75, 3.05) is 0 Å². The molecule has 0 amide bonds. The minimum absolute atomic E-state index is 0.0894. The molecular formula is C13H11ClN2O2S. The van der Waals surface area contributed by atoms with E-state index in [0.29, 0.717) is 16.5 Å². The van der Waals surface area contributed by atoms with Crippen LogP contribution in [-0.2, 0) is 6.54 Å². The average molecular weight is 295 g/mol. The van der Waals surface area contributed by atoms with Crippen LogP contribution in [0.15, 0.2) is 52.3 Å². The van der Waals surface area contributed by atoms with Crippen molar-refractivity contribution in [1.82, 2.24) is 0 Å². The highest BCUT2D eigenvalue weighted by molar-refractivity contribution is 7.99. The van der Waals surface area contributed by atoms with E-state index in [4.69, 9.17) is 17.3 Å². The number of para-hydroxylation sites is 1. The summed E-state index contributed by atoms with van der Waals surface area (Å²) in [4.78, 5) is 12.0. The van der Waals surface area contributed by atoms with E-state index in [1.54, 1.807) is 24.3 Å². The van der Waals surface area contributed by atoms with Crippen molar-refractivity contribution in [3.05, 3.63) is 63.2 Å². The summed E-state index contributed by atoms with van der Waals surface area (Å²) in [6, 6.07) is 12.1. The van der Waals surface area contributed by atoms with Crippen LogP contribution in [0.2, 0.25) is 5.02 Å². The molecule has 2 N–H and O–H groups in total. The lowest BCUT2D eigenvalue weighted by Gasteiger charge is -2.05. The Kier molecular flexibility index (Phi) is 4.42. The van der Waals surface area contributed by atoms with Crippen molar-refractivity contribution in [2.45, 2.75) is 16.3 Å². The van der Waals surface area contributed by atoms with E-state index in [0.717, 1.165) is 10.5 Å². The number of rotatable bonds is 4. The molecule has 0 radical (unpaired) electrons. The van der Waals surface area contributed by atoms with Gasteiger partial charge in [0.1, 0.15) is 0 Å². The summed E-state index contributed by atoms with van der Waals surface area (Å²) in [6.07, 6.45) is 0. The van der Waals surface area contributed by atoms with Gasteiger partial charge in [-0.25, -0.2) is 0 Å². The average Bonchev–Trinajstić information content (AvgIpc) is 2.39. The van der Waals surface area contributed by atoms with Crippen LogP contribution in [0, 0.1) is 10.1 Å². The molecule has 6 heteroatoms. The summed E-state index contributed by atoms with van der Waals surface area (Å²) in [5, 5.41) is 11.5. The summed E-state index contributed by atoms with van der Waals surface area (Å²) in [6.45, 7) is 0.370. The monoisotopic (exact) mass is 294 g/mol. The Morgan fingerprint density at radius 2 is 2.00 bits per heavy atom. The number of benzene rings is 2. The van der Waals surface area contributed by atoms with Gasteiger partial charge in [-0.2, -0.15) is 0 Å². The molecule has 0 aliphatic heterocycles. The van der Waals surface area contributed by atoms with Crippen molar-refractivity contribution in [2.24, 2.45) is 5.73 Å². The predicted molar refractivity (Wildman–Crippen MR) is 76.6 cm³/mol. The van der Waals surface area contributed by atoms with Crippen LogP contribution >= 0.6 is 23.4 Å². The molecule has 0 unspecified atom stereocenters. The maximum Gasteiger partial charge on any atom is 0.283 e. The van der Waals surface area contributed by atoms with Gasteiger partial charge < -0.3 is 5.73 Å². The lowest BCUT2D eigenvalue weighted by Crippen LogP contribution is -1.96. The quantitative estimate of drug-likeness (QED) is 0.687. The van der Waals surface area contributed by atoms with Crippen molar-refractivity contribution < 1.29 is 4.92 Å². The molecule has 0 atom stereocenters. The number of nitrogens with two attached hydrogens (primary N) is 1. The molecule has 19 heavy (non-hydrogen) atoms. The number of halogens is 1. The molecular weight excluding hydrogens is 284 g/mol. The standard InChI is InChI=1S/C13H11ClN2O2S/c14-11-7-10(6-5-9(11)8-15)19-13-4-2-1-3-12(13)16(17)18/h1-7H,8,15H2. The van der Waals surface area contributed by atoms with E-state index >= 15 is 0 Å². The fraction of sp³-hybridized carbons (Fsp3) is 0.0769. The number of nitrogens with zero attached hydrogens (tertiary/aromatic N) is 1. The van der Waals surface area contributed by atoms with E-state index in [2.05, 4.69) is 0 Å². The maximum absolute atomic E-state index is 10.9. The first-order valence-corrected chi connectivity index (χ1v) is 6.71. The first-order chi connectivity index (χ1) is 9.11. The zero-order chi connectivity index (χ0) is 13.8. The maximum atomic E-state index is 10.9. The van der Waals surface area contributed by atoms with E-state index < -0.39 is 4.92 Å². The van der Waals surface area contributed by atoms with Crippen LogP contribution in [0.4, 0.5) is 5.69 Å².